The molecule has 3 heteroatoms. The normalized spacial score (nSPS) is 12.4. The zero-order valence-electron chi connectivity index (χ0n) is 9.94. The highest BCUT2D eigenvalue weighted by molar-refractivity contribution is 6.31. The number of hydrogen-bond donors (Lipinski definition) is 1. The monoisotopic (exact) mass is 246 g/mol. The fourth-order valence-electron chi connectivity index (χ4n) is 1.86. The smallest absolute Gasteiger partial charge is 0.0604 e. The number of pyridine rings is 1. The van der Waals surface area contributed by atoms with Crippen LogP contribution in [0.1, 0.15) is 22.9 Å². The lowest BCUT2D eigenvalue weighted by Crippen LogP contribution is -2.18. The number of nitrogens with one attached hydrogen (secondary N) is 1. The summed E-state index contributed by atoms with van der Waals surface area (Å²) >= 11 is 6.22. The van der Waals surface area contributed by atoms with E-state index in [-0.39, 0.29) is 6.04 Å². The number of rotatable bonds is 3. The Bertz CT molecular complexity index is 494. The van der Waals surface area contributed by atoms with Gasteiger partial charge in [0, 0.05) is 16.9 Å². The van der Waals surface area contributed by atoms with Crippen LogP contribution in [-0.2, 0) is 0 Å². The van der Waals surface area contributed by atoms with Crippen LogP contribution in [0.4, 0.5) is 0 Å². The summed E-state index contributed by atoms with van der Waals surface area (Å²) in [5, 5.41) is 4.04. The summed E-state index contributed by atoms with van der Waals surface area (Å²) in [6.07, 6.45) is 1.89. The van der Waals surface area contributed by atoms with E-state index in [9.17, 15) is 0 Å². The number of hydrogen-bond acceptors (Lipinski definition) is 2. The molecule has 0 spiro atoms. The summed E-state index contributed by atoms with van der Waals surface area (Å²) in [5.74, 6) is 0. The third-order valence-corrected chi connectivity index (χ3v) is 3.12. The Morgan fingerprint density at radius 1 is 1.18 bits per heavy atom. The minimum Gasteiger partial charge on any atom is -0.309 e. The van der Waals surface area contributed by atoms with Crippen LogP contribution in [0, 0.1) is 6.92 Å². The highest BCUT2D eigenvalue weighted by Gasteiger charge is 2.14. The lowest BCUT2D eigenvalue weighted by molar-refractivity contribution is 0.688. The fraction of sp³-hybridized carbons (Fsp3) is 0.214. The van der Waals surface area contributed by atoms with Crippen molar-refractivity contribution in [3.63, 3.8) is 0 Å². The minimum atomic E-state index is 0.0804. The van der Waals surface area contributed by atoms with Crippen LogP contribution in [0.15, 0.2) is 42.6 Å². The highest BCUT2D eigenvalue weighted by atomic mass is 35.5. The molecule has 1 unspecified atom stereocenters. The molecule has 88 valence electrons. The maximum Gasteiger partial charge on any atom is 0.0604 e. The van der Waals surface area contributed by atoms with Gasteiger partial charge in [0.05, 0.1) is 6.04 Å². The van der Waals surface area contributed by atoms with E-state index in [1.807, 2.05) is 50.5 Å². The molecule has 1 heterocycles. The average Bonchev–Trinajstić information content (AvgIpc) is 2.35. The molecule has 1 atom stereocenters. The first-order valence-corrected chi connectivity index (χ1v) is 5.94. The quantitative estimate of drug-likeness (QED) is 0.899. The van der Waals surface area contributed by atoms with Crippen molar-refractivity contribution in [3.05, 3.63) is 64.4 Å². The summed E-state index contributed by atoms with van der Waals surface area (Å²) in [6.45, 7) is 1.98. The highest BCUT2D eigenvalue weighted by Crippen LogP contribution is 2.27. The molecule has 0 fully saturated rings. The lowest BCUT2D eigenvalue weighted by atomic mass is 10.0. The van der Waals surface area contributed by atoms with Crippen molar-refractivity contribution >= 4 is 11.6 Å². The molecule has 1 aromatic carbocycles. The van der Waals surface area contributed by atoms with E-state index in [0.29, 0.717) is 0 Å². The van der Waals surface area contributed by atoms with Crippen LogP contribution in [0.5, 0.6) is 0 Å². The van der Waals surface area contributed by atoms with Gasteiger partial charge in [0.15, 0.2) is 0 Å². The van der Waals surface area contributed by atoms with Gasteiger partial charge < -0.3 is 5.32 Å². The molecule has 0 amide bonds. The van der Waals surface area contributed by atoms with Crippen molar-refractivity contribution in [2.75, 3.05) is 7.05 Å². The molecule has 1 aromatic heterocycles. The zero-order valence-corrected chi connectivity index (χ0v) is 10.7. The Hall–Kier alpha value is -1.38. The molecule has 2 aromatic rings. The Balaban J connectivity index is 2.40. The topological polar surface area (TPSA) is 24.9 Å². The summed E-state index contributed by atoms with van der Waals surface area (Å²) in [6, 6.07) is 12.0. The van der Waals surface area contributed by atoms with E-state index in [4.69, 9.17) is 11.6 Å². The molecule has 17 heavy (non-hydrogen) atoms. The van der Waals surface area contributed by atoms with Crippen molar-refractivity contribution < 1.29 is 0 Å². The second-order valence-electron chi connectivity index (χ2n) is 3.98. The number of aryl methyl sites for hydroxylation is 1. The van der Waals surface area contributed by atoms with E-state index in [1.54, 1.807) is 0 Å². The third-order valence-electron chi connectivity index (χ3n) is 2.77. The average molecular weight is 247 g/mol. The first kappa shape index (κ1) is 12.1. The van der Waals surface area contributed by atoms with Crippen molar-refractivity contribution in [2.24, 2.45) is 0 Å². The van der Waals surface area contributed by atoms with Gasteiger partial charge in [-0.2, -0.15) is 0 Å². The standard InChI is InChI=1S/C14H15ClN2/c1-10-7-8-11(9-17-10)14(16-2)12-5-3-4-6-13(12)15/h3-9,14,16H,1-2H3. The van der Waals surface area contributed by atoms with Crippen molar-refractivity contribution in [3.8, 4) is 0 Å². The van der Waals surface area contributed by atoms with Gasteiger partial charge in [-0.25, -0.2) is 0 Å². The van der Waals surface area contributed by atoms with Gasteiger partial charge in [-0.05, 0) is 37.2 Å². The SMILES string of the molecule is CNC(c1ccc(C)nc1)c1ccccc1Cl. The van der Waals surface area contributed by atoms with Gasteiger partial charge in [-0.1, -0.05) is 35.9 Å². The third kappa shape index (κ3) is 2.65. The number of nitrogens with zero attached hydrogens (tertiary/aromatic N) is 1. The molecule has 0 bridgehead atoms. The molecular formula is C14H15ClN2. The van der Waals surface area contributed by atoms with Crippen LogP contribution in [0.3, 0.4) is 0 Å². The molecule has 0 aliphatic rings. The van der Waals surface area contributed by atoms with Gasteiger partial charge in [0.1, 0.15) is 0 Å². The Kier molecular flexibility index (Phi) is 3.77. The second-order valence-corrected chi connectivity index (χ2v) is 4.38. The Morgan fingerprint density at radius 3 is 2.53 bits per heavy atom. The molecule has 0 aliphatic carbocycles. The number of halogens is 1. The maximum atomic E-state index is 6.22. The Labute approximate surface area is 107 Å². The van der Waals surface area contributed by atoms with E-state index in [2.05, 4.69) is 16.4 Å². The second kappa shape index (κ2) is 5.30. The van der Waals surface area contributed by atoms with Crippen LogP contribution in [-0.4, -0.2) is 12.0 Å². The predicted molar refractivity (Wildman–Crippen MR) is 71.3 cm³/mol. The van der Waals surface area contributed by atoms with E-state index in [0.717, 1.165) is 21.8 Å². The van der Waals surface area contributed by atoms with Gasteiger partial charge in [-0.15, -0.1) is 0 Å². The van der Waals surface area contributed by atoms with Crippen LogP contribution >= 0.6 is 11.6 Å². The molecule has 2 rings (SSSR count). The number of benzene rings is 1. The fourth-order valence-corrected chi connectivity index (χ4v) is 2.11. The molecule has 0 aliphatic heterocycles. The maximum absolute atomic E-state index is 6.22. The van der Waals surface area contributed by atoms with Gasteiger partial charge in [0.25, 0.3) is 0 Å². The summed E-state index contributed by atoms with van der Waals surface area (Å²) in [5.41, 5.74) is 3.20. The molecule has 1 N–H and O–H groups in total. The first-order valence-electron chi connectivity index (χ1n) is 5.56. The van der Waals surface area contributed by atoms with E-state index in [1.165, 1.54) is 0 Å². The molecule has 0 saturated carbocycles. The predicted octanol–water partition coefficient (Wildman–Crippen LogP) is 3.35. The summed E-state index contributed by atoms with van der Waals surface area (Å²) in [4.78, 5) is 4.32. The summed E-state index contributed by atoms with van der Waals surface area (Å²) in [7, 11) is 1.92. The Morgan fingerprint density at radius 2 is 1.94 bits per heavy atom. The first-order chi connectivity index (χ1) is 8.22. The van der Waals surface area contributed by atoms with Crippen LogP contribution in [0.2, 0.25) is 5.02 Å². The van der Waals surface area contributed by atoms with Gasteiger partial charge in [-0.3, -0.25) is 4.98 Å². The van der Waals surface area contributed by atoms with Gasteiger partial charge in [0.2, 0.25) is 0 Å². The minimum absolute atomic E-state index is 0.0804. The van der Waals surface area contributed by atoms with Crippen molar-refractivity contribution in [1.29, 1.82) is 0 Å². The summed E-state index contributed by atoms with van der Waals surface area (Å²) < 4.78 is 0. The zero-order chi connectivity index (χ0) is 12.3. The van der Waals surface area contributed by atoms with Crippen LogP contribution < -0.4 is 5.32 Å². The van der Waals surface area contributed by atoms with Crippen LogP contribution in [0.25, 0.3) is 0 Å². The molecule has 2 nitrogen and oxygen atoms in total. The van der Waals surface area contributed by atoms with E-state index < -0.39 is 0 Å². The van der Waals surface area contributed by atoms with E-state index >= 15 is 0 Å². The molecule has 0 saturated heterocycles. The molecular weight excluding hydrogens is 232 g/mol. The largest absolute Gasteiger partial charge is 0.309 e. The lowest BCUT2D eigenvalue weighted by Gasteiger charge is -2.18. The van der Waals surface area contributed by atoms with Gasteiger partial charge >= 0.3 is 0 Å². The number of aromatic nitrogens is 1. The van der Waals surface area contributed by atoms with Crippen molar-refractivity contribution in [2.45, 2.75) is 13.0 Å². The molecule has 0 radical (unpaired) electrons. The van der Waals surface area contributed by atoms with Crippen molar-refractivity contribution in [1.82, 2.24) is 10.3 Å².